The molecule has 1 aromatic heterocycles. The van der Waals surface area contributed by atoms with Gasteiger partial charge in [0, 0.05) is 6.61 Å². The monoisotopic (exact) mass is 183 g/mol. The largest absolute Gasteiger partial charge is 0.389 e. The number of hydrogen-bond acceptors (Lipinski definition) is 4. The van der Waals surface area contributed by atoms with Gasteiger partial charge in [-0.2, -0.15) is 4.68 Å². The highest BCUT2D eigenvalue weighted by molar-refractivity contribution is 5.14. The summed E-state index contributed by atoms with van der Waals surface area (Å²) in [5, 5.41) is 14.2. The van der Waals surface area contributed by atoms with Crippen LogP contribution in [0.4, 0.5) is 5.82 Å². The zero-order valence-electron chi connectivity index (χ0n) is 6.92. The highest BCUT2D eigenvalue weighted by atomic mass is 16.6. The van der Waals surface area contributed by atoms with Crippen LogP contribution in [-0.2, 0) is 4.74 Å². The average Bonchev–Trinajstić information content (AvgIpc) is 2.75. The Morgan fingerprint density at radius 3 is 3.15 bits per heavy atom. The zero-order valence-corrected chi connectivity index (χ0v) is 6.92. The van der Waals surface area contributed by atoms with Crippen molar-refractivity contribution in [3.8, 4) is 0 Å². The van der Waals surface area contributed by atoms with Crippen LogP contribution in [0.2, 0.25) is 0 Å². The molecule has 0 saturated carbocycles. The number of nitrogens with zero attached hydrogens (tertiary/aromatic N) is 3. The summed E-state index contributed by atoms with van der Waals surface area (Å²) >= 11 is 0. The summed E-state index contributed by atoms with van der Waals surface area (Å²) in [7, 11) is 0. The molecule has 2 heterocycles. The Morgan fingerprint density at radius 1 is 1.77 bits per heavy atom. The first kappa shape index (κ1) is 8.18. The van der Waals surface area contributed by atoms with Crippen LogP contribution in [0.5, 0.6) is 0 Å². The van der Waals surface area contributed by atoms with Gasteiger partial charge in [0.25, 0.3) is 0 Å². The first-order valence-corrected chi connectivity index (χ1v) is 4.04. The minimum atomic E-state index is -0.494. The quantitative estimate of drug-likeness (QED) is 0.501. The summed E-state index contributed by atoms with van der Waals surface area (Å²) < 4.78 is 6.75. The van der Waals surface area contributed by atoms with Crippen molar-refractivity contribution in [2.45, 2.75) is 12.5 Å². The Hall–Kier alpha value is -1.43. The summed E-state index contributed by atoms with van der Waals surface area (Å²) in [6.45, 7) is 1.30. The molecule has 1 saturated heterocycles. The van der Waals surface area contributed by atoms with Crippen molar-refractivity contribution >= 4 is 5.82 Å². The fraction of sp³-hybridized carbons (Fsp3) is 0.571. The van der Waals surface area contributed by atoms with E-state index in [9.17, 15) is 10.1 Å². The van der Waals surface area contributed by atoms with Gasteiger partial charge in [0.1, 0.15) is 0 Å². The second-order valence-electron chi connectivity index (χ2n) is 2.93. The molecule has 0 radical (unpaired) electrons. The third-order valence-corrected chi connectivity index (χ3v) is 2.06. The Kier molecular flexibility index (Phi) is 1.97. The molecular formula is C7H9N3O3. The van der Waals surface area contributed by atoms with E-state index in [1.807, 2.05) is 0 Å². The van der Waals surface area contributed by atoms with Crippen LogP contribution in [0, 0.1) is 10.1 Å². The van der Waals surface area contributed by atoms with Crippen LogP contribution in [-0.4, -0.2) is 27.9 Å². The van der Waals surface area contributed by atoms with Crippen molar-refractivity contribution in [1.82, 2.24) is 9.78 Å². The van der Waals surface area contributed by atoms with Crippen LogP contribution in [0.3, 0.4) is 0 Å². The van der Waals surface area contributed by atoms with Gasteiger partial charge in [-0.05, 0) is 11.3 Å². The van der Waals surface area contributed by atoms with E-state index in [1.165, 1.54) is 6.07 Å². The third-order valence-electron chi connectivity index (χ3n) is 2.06. The molecular weight excluding hydrogens is 174 g/mol. The van der Waals surface area contributed by atoms with Gasteiger partial charge in [-0.1, -0.05) is 0 Å². The van der Waals surface area contributed by atoms with Crippen LogP contribution < -0.4 is 0 Å². The lowest BCUT2D eigenvalue weighted by Crippen LogP contribution is -2.09. The molecule has 0 aromatic carbocycles. The Balaban J connectivity index is 2.16. The van der Waals surface area contributed by atoms with E-state index in [0.29, 0.717) is 13.2 Å². The van der Waals surface area contributed by atoms with Gasteiger partial charge < -0.3 is 14.9 Å². The topological polar surface area (TPSA) is 70.2 Å². The van der Waals surface area contributed by atoms with E-state index in [-0.39, 0.29) is 11.9 Å². The van der Waals surface area contributed by atoms with Crippen molar-refractivity contribution < 1.29 is 9.66 Å². The van der Waals surface area contributed by atoms with Crippen LogP contribution in [0.15, 0.2) is 12.3 Å². The van der Waals surface area contributed by atoms with Gasteiger partial charge in [-0.3, -0.25) is 0 Å². The molecule has 70 valence electrons. The summed E-state index contributed by atoms with van der Waals surface area (Å²) in [6.07, 6.45) is 2.50. The predicted molar refractivity (Wildman–Crippen MR) is 43.4 cm³/mol. The Morgan fingerprint density at radius 2 is 2.62 bits per heavy atom. The van der Waals surface area contributed by atoms with E-state index in [2.05, 4.69) is 5.10 Å². The minimum absolute atomic E-state index is 0.105. The van der Waals surface area contributed by atoms with Crippen LogP contribution >= 0.6 is 0 Å². The van der Waals surface area contributed by atoms with Crippen molar-refractivity contribution in [2.75, 3.05) is 13.2 Å². The van der Waals surface area contributed by atoms with E-state index in [4.69, 9.17) is 4.74 Å². The van der Waals surface area contributed by atoms with Crippen LogP contribution in [0.25, 0.3) is 0 Å². The number of rotatable bonds is 2. The number of aromatic nitrogens is 2. The maximum Gasteiger partial charge on any atom is 0.389 e. The normalized spacial score (nSPS) is 22.0. The molecule has 1 aliphatic rings. The fourth-order valence-corrected chi connectivity index (χ4v) is 1.36. The van der Waals surface area contributed by atoms with Crippen molar-refractivity contribution in [2.24, 2.45) is 0 Å². The minimum Gasteiger partial charge on any atom is -0.379 e. The second-order valence-corrected chi connectivity index (χ2v) is 2.93. The number of nitro groups is 1. The van der Waals surface area contributed by atoms with Gasteiger partial charge in [-0.15, -0.1) is 0 Å². The molecule has 0 aliphatic carbocycles. The first-order valence-electron chi connectivity index (χ1n) is 4.04. The molecule has 1 fully saturated rings. The van der Waals surface area contributed by atoms with Gasteiger partial charge >= 0.3 is 5.82 Å². The number of ether oxygens (including phenoxy) is 1. The molecule has 1 aromatic rings. The van der Waals surface area contributed by atoms with Crippen LogP contribution in [0.1, 0.15) is 12.5 Å². The smallest absolute Gasteiger partial charge is 0.379 e. The second kappa shape index (κ2) is 3.14. The maximum atomic E-state index is 10.3. The van der Waals surface area contributed by atoms with E-state index in [0.717, 1.165) is 6.42 Å². The lowest BCUT2D eigenvalue weighted by atomic mass is 10.3. The standard InChI is InChI=1S/C7H9N3O3/c11-10(12)7-1-3-9(8-7)6-2-4-13-5-6/h1,3,6H,2,4-5H2. The van der Waals surface area contributed by atoms with Crippen molar-refractivity contribution in [1.29, 1.82) is 0 Å². The summed E-state index contributed by atoms with van der Waals surface area (Å²) in [5.41, 5.74) is 0. The molecule has 0 amide bonds. The zero-order chi connectivity index (χ0) is 9.26. The molecule has 2 rings (SSSR count). The highest BCUT2D eigenvalue weighted by Gasteiger charge is 2.22. The highest BCUT2D eigenvalue weighted by Crippen LogP contribution is 2.19. The van der Waals surface area contributed by atoms with E-state index >= 15 is 0 Å². The predicted octanol–water partition coefficient (Wildman–Crippen LogP) is 0.753. The lowest BCUT2D eigenvalue weighted by molar-refractivity contribution is -0.389. The molecule has 0 bridgehead atoms. The lowest BCUT2D eigenvalue weighted by Gasteiger charge is -2.01. The summed E-state index contributed by atoms with van der Waals surface area (Å²) in [5.74, 6) is -0.105. The molecule has 13 heavy (non-hydrogen) atoms. The van der Waals surface area contributed by atoms with E-state index < -0.39 is 4.92 Å². The fourth-order valence-electron chi connectivity index (χ4n) is 1.36. The first-order chi connectivity index (χ1) is 6.27. The number of hydrogen-bond donors (Lipinski definition) is 0. The molecule has 6 nitrogen and oxygen atoms in total. The summed E-state index contributed by atoms with van der Waals surface area (Å²) in [4.78, 5) is 9.83. The SMILES string of the molecule is O=[N+]([O-])c1ccn(C2CCOC2)n1. The molecule has 1 atom stereocenters. The molecule has 0 spiro atoms. The van der Waals surface area contributed by atoms with Crippen molar-refractivity contribution in [3.05, 3.63) is 22.4 Å². The third kappa shape index (κ3) is 1.52. The van der Waals surface area contributed by atoms with Crippen molar-refractivity contribution in [3.63, 3.8) is 0 Å². The Labute approximate surface area is 74.3 Å². The molecule has 1 unspecified atom stereocenters. The molecule has 1 aliphatic heterocycles. The van der Waals surface area contributed by atoms with Gasteiger partial charge in [-0.25, -0.2) is 0 Å². The van der Waals surface area contributed by atoms with Gasteiger partial charge in [0.15, 0.2) is 0 Å². The Bertz CT molecular complexity index is 317. The van der Waals surface area contributed by atoms with E-state index in [1.54, 1.807) is 10.9 Å². The average molecular weight is 183 g/mol. The van der Waals surface area contributed by atoms with Gasteiger partial charge in [0.05, 0.1) is 30.0 Å². The van der Waals surface area contributed by atoms with Gasteiger partial charge in [0.2, 0.25) is 0 Å². The molecule has 0 N–H and O–H groups in total. The molecule has 6 heteroatoms. The maximum absolute atomic E-state index is 10.3. The summed E-state index contributed by atoms with van der Waals surface area (Å²) in [6, 6.07) is 1.56.